The van der Waals surface area contributed by atoms with Gasteiger partial charge in [-0.05, 0) is 19.1 Å². The van der Waals surface area contributed by atoms with E-state index >= 15 is 0 Å². The maximum Gasteiger partial charge on any atom is 0.308 e. The van der Waals surface area contributed by atoms with Crippen LogP contribution in [0, 0.1) is 6.92 Å². The fourth-order valence-corrected chi connectivity index (χ4v) is 3.00. The van der Waals surface area contributed by atoms with Crippen molar-refractivity contribution in [3.8, 4) is 5.75 Å². The molecular weight excluding hydrogens is 322 g/mol. The number of esters is 1. The molecule has 3 heterocycles. The first-order valence-electron chi connectivity index (χ1n) is 7.72. The van der Waals surface area contributed by atoms with Gasteiger partial charge in [-0.3, -0.25) is 9.59 Å². The molecule has 8 heteroatoms. The molecule has 0 radical (unpaired) electrons. The summed E-state index contributed by atoms with van der Waals surface area (Å²) in [5, 5.41) is 7.04. The summed E-state index contributed by atoms with van der Waals surface area (Å²) in [5.41, 5.74) is 2.98. The van der Waals surface area contributed by atoms with Crippen LogP contribution in [0.4, 0.5) is 17.2 Å². The standard InChI is InChI=1S/C17H15N5O3/c1-10-14(25-11(2)23)7-22-16(10)17(18-9-19-22)21-8-15(24)20-12-5-3-4-6-13(12)21/h3-7,9H,8H2,1-2H3,(H,20,24). The van der Waals surface area contributed by atoms with Crippen molar-refractivity contribution in [1.82, 2.24) is 14.6 Å². The molecule has 0 spiro atoms. The first kappa shape index (κ1) is 15.1. The molecule has 25 heavy (non-hydrogen) atoms. The summed E-state index contributed by atoms with van der Waals surface area (Å²) < 4.78 is 6.84. The molecule has 4 rings (SSSR count). The molecule has 0 saturated carbocycles. The van der Waals surface area contributed by atoms with Crippen LogP contribution in [0.25, 0.3) is 5.52 Å². The number of hydrogen-bond acceptors (Lipinski definition) is 6. The predicted molar refractivity (Wildman–Crippen MR) is 91.1 cm³/mol. The highest BCUT2D eigenvalue weighted by molar-refractivity contribution is 6.04. The SMILES string of the molecule is CC(=O)Oc1cn2ncnc(N3CC(=O)Nc4ccccc43)c2c1C. The summed E-state index contributed by atoms with van der Waals surface area (Å²) in [6.45, 7) is 3.31. The number of ether oxygens (including phenoxy) is 1. The third kappa shape index (κ3) is 2.47. The molecule has 3 aromatic rings. The minimum absolute atomic E-state index is 0.125. The third-order valence-corrected chi connectivity index (χ3v) is 4.04. The van der Waals surface area contributed by atoms with E-state index in [4.69, 9.17) is 4.74 Å². The van der Waals surface area contributed by atoms with Crippen molar-refractivity contribution in [2.24, 2.45) is 0 Å². The zero-order valence-electron chi connectivity index (χ0n) is 13.7. The molecule has 8 nitrogen and oxygen atoms in total. The van der Waals surface area contributed by atoms with Crippen LogP contribution in [0.15, 0.2) is 36.8 Å². The van der Waals surface area contributed by atoms with E-state index in [9.17, 15) is 9.59 Å². The summed E-state index contributed by atoms with van der Waals surface area (Å²) in [4.78, 5) is 29.6. The highest BCUT2D eigenvalue weighted by atomic mass is 16.5. The molecule has 1 N–H and O–H groups in total. The molecule has 0 fully saturated rings. The maximum absolute atomic E-state index is 12.1. The van der Waals surface area contributed by atoms with Crippen molar-refractivity contribution in [2.45, 2.75) is 13.8 Å². The van der Waals surface area contributed by atoms with Gasteiger partial charge in [0.25, 0.3) is 0 Å². The second-order valence-electron chi connectivity index (χ2n) is 5.74. The zero-order valence-corrected chi connectivity index (χ0v) is 13.7. The quantitative estimate of drug-likeness (QED) is 0.720. The monoisotopic (exact) mass is 337 g/mol. The number of nitrogens with one attached hydrogen (secondary N) is 1. The first-order chi connectivity index (χ1) is 12.0. The number of benzene rings is 1. The van der Waals surface area contributed by atoms with Gasteiger partial charge in [0.05, 0.1) is 17.6 Å². The number of hydrogen-bond donors (Lipinski definition) is 1. The molecule has 126 valence electrons. The number of aryl methyl sites for hydroxylation is 1. The smallest absolute Gasteiger partial charge is 0.308 e. The number of para-hydroxylation sites is 2. The topological polar surface area (TPSA) is 88.8 Å². The minimum Gasteiger partial charge on any atom is -0.425 e. The Morgan fingerprint density at radius 2 is 2.12 bits per heavy atom. The molecular formula is C17H15N5O3. The molecule has 1 aliphatic heterocycles. The summed E-state index contributed by atoms with van der Waals surface area (Å²) in [5.74, 6) is 0.466. The minimum atomic E-state index is -0.406. The van der Waals surface area contributed by atoms with Crippen LogP contribution in [0.5, 0.6) is 5.75 Å². The van der Waals surface area contributed by atoms with E-state index in [2.05, 4.69) is 15.4 Å². The van der Waals surface area contributed by atoms with Crippen LogP contribution in [-0.2, 0) is 9.59 Å². The Morgan fingerprint density at radius 3 is 2.92 bits per heavy atom. The van der Waals surface area contributed by atoms with Gasteiger partial charge in [0.15, 0.2) is 11.6 Å². The normalized spacial score (nSPS) is 13.5. The van der Waals surface area contributed by atoms with E-state index in [-0.39, 0.29) is 12.5 Å². The van der Waals surface area contributed by atoms with Crippen LogP contribution in [0.1, 0.15) is 12.5 Å². The predicted octanol–water partition coefficient (Wildman–Crippen LogP) is 2.05. The summed E-state index contributed by atoms with van der Waals surface area (Å²) >= 11 is 0. The largest absolute Gasteiger partial charge is 0.425 e. The second kappa shape index (κ2) is 5.59. The number of carbonyl (C=O) groups is 2. The van der Waals surface area contributed by atoms with Gasteiger partial charge in [0.2, 0.25) is 5.91 Å². The van der Waals surface area contributed by atoms with Crippen molar-refractivity contribution < 1.29 is 14.3 Å². The second-order valence-corrected chi connectivity index (χ2v) is 5.74. The Morgan fingerprint density at radius 1 is 1.32 bits per heavy atom. The number of nitrogens with zero attached hydrogens (tertiary/aromatic N) is 4. The third-order valence-electron chi connectivity index (χ3n) is 4.04. The Hall–Kier alpha value is -3.42. The molecule has 2 aromatic heterocycles. The molecule has 1 aliphatic rings. The van der Waals surface area contributed by atoms with Crippen LogP contribution >= 0.6 is 0 Å². The lowest BCUT2D eigenvalue weighted by molar-refractivity contribution is -0.131. The molecule has 0 unspecified atom stereocenters. The van der Waals surface area contributed by atoms with Gasteiger partial charge in [-0.2, -0.15) is 5.10 Å². The van der Waals surface area contributed by atoms with Crippen molar-refractivity contribution in [1.29, 1.82) is 0 Å². The van der Waals surface area contributed by atoms with Crippen molar-refractivity contribution in [3.63, 3.8) is 0 Å². The molecule has 1 amide bonds. The van der Waals surface area contributed by atoms with Crippen molar-refractivity contribution in [2.75, 3.05) is 16.8 Å². The van der Waals surface area contributed by atoms with Crippen LogP contribution in [-0.4, -0.2) is 33.0 Å². The van der Waals surface area contributed by atoms with Gasteiger partial charge < -0.3 is 15.0 Å². The molecule has 1 aromatic carbocycles. The summed E-state index contributed by atoms with van der Waals surface area (Å²) in [6, 6.07) is 7.52. The average molecular weight is 337 g/mol. The highest BCUT2D eigenvalue weighted by Crippen LogP contribution is 2.38. The zero-order chi connectivity index (χ0) is 17.6. The summed E-state index contributed by atoms with van der Waals surface area (Å²) in [7, 11) is 0. The number of carbonyl (C=O) groups excluding carboxylic acids is 2. The molecule has 0 aliphatic carbocycles. The first-order valence-corrected chi connectivity index (χ1v) is 7.72. The average Bonchev–Trinajstić information content (AvgIpc) is 2.89. The Bertz CT molecular complexity index is 1010. The highest BCUT2D eigenvalue weighted by Gasteiger charge is 2.27. The maximum atomic E-state index is 12.1. The van der Waals surface area contributed by atoms with Gasteiger partial charge in [0.1, 0.15) is 18.4 Å². The van der Waals surface area contributed by atoms with Crippen LogP contribution in [0.2, 0.25) is 0 Å². The number of fused-ring (bicyclic) bond motifs is 2. The number of aromatic nitrogens is 3. The van der Waals surface area contributed by atoms with E-state index in [1.165, 1.54) is 13.3 Å². The lowest BCUT2D eigenvalue weighted by atomic mass is 10.2. The molecule has 0 atom stereocenters. The fraction of sp³-hybridized carbons (Fsp3) is 0.176. The van der Waals surface area contributed by atoms with E-state index in [0.29, 0.717) is 17.1 Å². The molecule has 0 saturated heterocycles. The molecule has 0 bridgehead atoms. The Labute approximate surface area is 143 Å². The van der Waals surface area contributed by atoms with Crippen LogP contribution in [0.3, 0.4) is 0 Å². The van der Waals surface area contributed by atoms with E-state index < -0.39 is 5.97 Å². The van der Waals surface area contributed by atoms with E-state index in [0.717, 1.165) is 16.9 Å². The summed E-state index contributed by atoms with van der Waals surface area (Å²) in [6.07, 6.45) is 3.04. The van der Waals surface area contributed by atoms with E-state index in [1.54, 1.807) is 10.7 Å². The lowest BCUT2D eigenvalue weighted by Gasteiger charge is -2.30. The number of rotatable bonds is 2. The number of amides is 1. The Balaban J connectivity index is 1.91. The lowest BCUT2D eigenvalue weighted by Crippen LogP contribution is -2.35. The van der Waals surface area contributed by atoms with Crippen molar-refractivity contribution >= 4 is 34.6 Å². The van der Waals surface area contributed by atoms with Gasteiger partial charge in [0, 0.05) is 12.5 Å². The van der Waals surface area contributed by atoms with Crippen LogP contribution < -0.4 is 15.0 Å². The van der Waals surface area contributed by atoms with E-state index in [1.807, 2.05) is 36.1 Å². The van der Waals surface area contributed by atoms with Gasteiger partial charge in [-0.15, -0.1) is 0 Å². The Kier molecular flexibility index (Phi) is 3.38. The van der Waals surface area contributed by atoms with Gasteiger partial charge in [-0.25, -0.2) is 9.50 Å². The number of anilines is 3. The fourth-order valence-electron chi connectivity index (χ4n) is 3.00. The van der Waals surface area contributed by atoms with Gasteiger partial charge in [-0.1, -0.05) is 12.1 Å². The van der Waals surface area contributed by atoms with Crippen molar-refractivity contribution in [3.05, 3.63) is 42.4 Å². The van der Waals surface area contributed by atoms with Gasteiger partial charge >= 0.3 is 5.97 Å².